The average molecular weight is 425 g/mol. The van der Waals surface area contributed by atoms with Crippen molar-refractivity contribution in [1.82, 2.24) is 4.90 Å². The van der Waals surface area contributed by atoms with Gasteiger partial charge in [-0.05, 0) is 32.9 Å². The Morgan fingerprint density at radius 2 is 2.13 bits per heavy atom. The van der Waals surface area contributed by atoms with Gasteiger partial charge in [0, 0.05) is 6.07 Å². The second-order valence-corrected chi connectivity index (χ2v) is 7.58. The molecule has 2 amide bonds. The molecule has 2 atom stereocenters. The number of carbonyl (C=O) groups is 2. The predicted molar refractivity (Wildman–Crippen MR) is 104 cm³/mol. The van der Waals surface area contributed by atoms with E-state index in [-0.39, 0.29) is 25.3 Å². The average Bonchev–Trinajstić information content (AvgIpc) is 2.63. The molecule has 10 nitrogen and oxygen atoms in total. The van der Waals surface area contributed by atoms with Gasteiger partial charge in [-0.25, -0.2) is 14.0 Å². The van der Waals surface area contributed by atoms with Crippen molar-refractivity contribution in [3.8, 4) is 0 Å². The zero-order chi connectivity index (χ0) is 22.5. The van der Waals surface area contributed by atoms with Crippen molar-refractivity contribution in [3.05, 3.63) is 45.8 Å². The van der Waals surface area contributed by atoms with Crippen LogP contribution in [0.4, 0.5) is 19.7 Å². The molecule has 1 heterocycles. The first-order valence-electron chi connectivity index (χ1n) is 9.12. The van der Waals surface area contributed by atoms with E-state index in [0.29, 0.717) is 0 Å². The summed E-state index contributed by atoms with van der Waals surface area (Å²) in [5.41, 5.74) is 3.64. The number of morpholine rings is 1. The second-order valence-electron chi connectivity index (χ2n) is 7.58. The first kappa shape index (κ1) is 23.1. The lowest BCUT2D eigenvalue weighted by Gasteiger charge is -2.38. The summed E-state index contributed by atoms with van der Waals surface area (Å²) in [5, 5.41) is 11.1. The normalized spacial score (nSPS) is 19.5. The number of amides is 2. The molecule has 11 heteroatoms. The van der Waals surface area contributed by atoms with Gasteiger partial charge in [-0.1, -0.05) is 12.1 Å². The molecular weight excluding hydrogens is 401 g/mol. The molecule has 0 unspecified atom stereocenters. The van der Waals surface area contributed by atoms with Crippen molar-refractivity contribution in [1.29, 1.82) is 0 Å². The van der Waals surface area contributed by atoms with E-state index in [9.17, 15) is 24.1 Å². The highest BCUT2D eigenvalue weighted by atomic mass is 19.1. The molecular formula is C19H24FN3O7. The summed E-state index contributed by atoms with van der Waals surface area (Å²) >= 11 is 0. The van der Waals surface area contributed by atoms with Gasteiger partial charge in [-0.2, -0.15) is 0 Å². The van der Waals surface area contributed by atoms with Gasteiger partial charge in [0.15, 0.2) is 0 Å². The number of ether oxygens (including phenoxy) is 3. The van der Waals surface area contributed by atoms with Crippen molar-refractivity contribution >= 4 is 23.9 Å². The number of nitro benzene ring substituents is 1. The summed E-state index contributed by atoms with van der Waals surface area (Å²) in [7, 11) is 0. The lowest BCUT2D eigenvalue weighted by Crippen LogP contribution is -2.55. The van der Waals surface area contributed by atoms with Crippen LogP contribution < -0.4 is 5.73 Å². The molecule has 164 valence electrons. The maximum absolute atomic E-state index is 14.1. The number of halogens is 1. The molecule has 30 heavy (non-hydrogen) atoms. The summed E-state index contributed by atoms with van der Waals surface area (Å²) in [6.07, 6.45) is 0.327. The van der Waals surface area contributed by atoms with E-state index in [0.717, 1.165) is 6.07 Å². The monoisotopic (exact) mass is 425 g/mol. The molecule has 1 aliphatic rings. The molecule has 2 rings (SSSR count). The predicted octanol–water partition coefficient (Wildman–Crippen LogP) is 2.85. The zero-order valence-electron chi connectivity index (χ0n) is 16.9. The fourth-order valence-electron chi connectivity index (χ4n) is 2.75. The Labute approximate surface area is 172 Å². The van der Waals surface area contributed by atoms with Gasteiger partial charge in [0.2, 0.25) is 0 Å². The van der Waals surface area contributed by atoms with Crippen LogP contribution >= 0.6 is 0 Å². The first-order valence-corrected chi connectivity index (χ1v) is 9.12. The van der Waals surface area contributed by atoms with Crippen LogP contribution in [0, 0.1) is 15.9 Å². The van der Waals surface area contributed by atoms with Crippen LogP contribution in [0.15, 0.2) is 24.3 Å². The Morgan fingerprint density at radius 3 is 2.73 bits per heavy atom. The van der Waals surface area contributed by atoms with Gasteiger partial charge in [0.05, 0.1) is 35.8 Å². The highest BCUT2D eigenvalue weighted by Gasteiger charge is 2.35. The van der Waals surface area contributed by atoms with E-state index in [4.69, 9.17) is 19.9 Å². The topological polar surface area (TPSA) is 134 Å². The van der Waals surface area contributed by atoms with Crippen molar-refractivity contribution in [2.75, 3.05) is 19.8 Å². The van der Waals surface area contributed by atoms with Crippen LogP contribution in [-0.4, -0.2) is 59.5 Å². The molecule has 0 aromatic heterocycles. The third kappa shape index (κ3) is 6.41. The van der Waals surface area contributed by atoms with Crippen LogP contribution in [0.5, 0.6) is 0 Å². The summed E-state index contributed by atoms with van der Waals surface area (Å²) in [6.45, 7) is 4.91. The highest BCUT2D eigenvalue weighted by molar-refractivity contribution is 5.69. The summed E-state index contributed by atoms with van der Waals surface area (Å²) in [4.78, 5) is 35.3. The molecule has 0 bridgehead atoms. The van der Waals surface area contributed by atoms with Crippen molar-refractivity contribution < 1.29 is 33.1 Å². The molecule has 1 saturated heterocycles. The summed E-state index contributed by atoms with van der Waals surface area (Å²) in [6, 6.07) is 2.91. The molecule has 1 aromatic rings. The molecule has 1 aliphatic heterocycles. The lowest BCUT2D eigenvalue weighted by molar-refractivity contribution is -0.385. The lowest BCUT2D eigenvalue weighted by atomic mass is 10.1. The van der Waals surface area contributed by atoms with Crippen LogP contribution in [-0.2, 0) is 14.2 Å². The number of nitro groups is 1. The Hall–Kier alpha value is -3.21. The quantitative estimate of drug-likeness (QED) is 0.566. The maximum atomic E-state index is 14.1. The van der Waals surface area contributed by atoms with E-state index in [2.05, 4.69) is 0 Å². The Morgan fingerprint density at radius 1 is 1.43 bits per heavy atom. The molecule has 0 aliphatic carbocycles. The number of carbonyl (C=O) groups excluding carboxylic acids is 2. The summed E-state index contributed by atoms with van der Waals surface area (Å²) in [5.74, 6) is -0.756. The minimum Gasteiger partial charge on any atom is -0.447 e. The van der Waals surface area contributed by atoms with Gasteiger partial charge >= 0.3 is 12.2 Å². The van der Waals surface area contributed by atoms with Crippen LogP contribution in [0.25, 0.3) is 6.08 Å². The number of hydrogen-bond donors (Lipinski definition) is 1. The fourth-order valence-corrected chi connectivity index (χ4v) is 2.75. The van der Waals surface area contributed by atoms with Crippen LogP contribution in [0.1, 0.15) is 26.3 Å². The first-order chi connectivity index (χ1) is 14.0. The van der Waals surface area contributed by atoms with Crippen LogP contribution in [0.2, 0.25) is 0 Å². The third-order valence-corrected chi connectivity index (χ3v) is 4.07. The zero-order valence-corrected chi connectivity index (χ0v) is 16.9. The minimum absolute atomic E-state index is 0.000449. The smallest absolute Gasteiger partial charge is 0.410 e. The van der Waals surface area contributed by atoms with Crippen LogP contribution in [0.3, 0.4) is 0 Å². The minimum atomic E-state index is -0.993. The second kappa shape index (κ2) is 9.53. The van der Waals surface area contributed by atoms with Gasteiger partial charge in [0.25, 0.3) is 5.69 Å². The van der Waals surface area contributed by atoms with E-state index in [1.807, 2.05) is 0 Å². The van der Waals surface area contributed by atoms with Gasteiger partial charge in [-0.15, -0.1) is 0 Å². The van der Waals surface area contributed by atoms with Gasteiger partial charge in [-0.3, -0.25) is 15.0 Å². The number of primary amides is 1. The van der Waals surface area contributed by atoms with Gasteiger partial charge < -0.3 is 19.9 Å². The SMILES string of the molecule is CC(C)(C)OC(=O)N1C[C@@H](/C=C/c2c(F)cccc2[N+](=O)[O-])OC[C@H]1COC(N)=O. The van der Waals surface area contributed by atoms with E-state index in [1.165, 1.54) is 29.2 Å². The van der Waals surface area contributed by atoms with Gasteiger partial charge in [0.1, 0.15) is 18.0 Å². The highest BCUT2D eigenvalue weighted by Crippen LogP contribution is 2.24. The Kier molecular flexibility index (Phi) is 7.33. The van der Waals surface area contributed by atoms with Crippen molar-refractivity contribution in [3.63, 3.8) is 0 Å². The van der Waals surface area contributed by atoms with Crippen molar-refractivity contribution in [2.45, 2.75) is 38.5 Å². The number of benzene rings is 1. The van der Waals surface area contributed by atoms with E-state index < -0.39 is 46.4 Å². The number of nitrogens with two attached hydrogens (primary N) is 1. The number of hydrogen-bond acceptors (Lipinski definition) is 7. The largest absolute Gasteiger partial charge is 0.447 e. The maximum Gasteiger partial charge on any atom is 0.410 e. The van der Waals surface area contributed by atoms with E-state index in [1.54, 1.807) is 20.8 Å². The molecule has 0 radical (unpaired) electrons. The number of rotatable bonds is 5. The molecule has 1 aromatic carbocycles. The molecule has 0 saturated carbocycles. The Bertz CT molecular complexity index is 838. The number of nitrogens with zero attached hydrogens (tertiary/aromatic N) is 2. The third-order valence-electron chi connectivity index (χ3n) is 4.07. The summed E-state index contributed by atoms with van der Waals surface area (Å²) < 4.78 is 29.8. The van der Waals surface area contributed by atoms with E-state index >= 15 is 0 Å². The molecule has 2 N–H and O–H groups in total. The fraction of sp³-hybridized carbons (Fsp3) is 0.474. The molecule has 1 fully saturated rings. The van der Waals surface area contributed by atoms with Crippen molar-refractivity contribution in [2.24, 2.45) is 5.73 Å². The Balaban J connectivity index is 2.20. The molecule has 0 spiro atoms. The standard InChI is InChI=1S/C19H24FN3O7/c1-19(2,3)30-18(25)22-9-13(28-10-12(22)11-29-17(21)24)7-8-14-15(20)5-4-6-16(14)23(26)27/h4-8,12-13H,9-11H2,1-3H3,(H2,21,24)/b8-7+/t12-,13+/m0/s1.